The number of carbonyl (C=O) groups is 1. The van der Waals surface area contributed by atoms with E-state index < -0.39 is 0 Å². The van der Waals surface area contributed by atoms with Crippen LogP contribution in [-0.4, -0.2) is 21.4 Å². The lowest BCUT2D eigenvalue weighted by Crippen LogP contribution is -2.31. The van der Waals surface area contributed by atoms with Crippen LogP contribution in [0.15, 0.2) is 35.4 Å². The highest BCUT2D eigenvalue weighted by molar-refractivity contribution is 7.99. The van der Waals surface area contributed by atoms with Gasteiger partial charge in [0.1, 0.15) is 0 Å². The normalized spacial score (nSPS) is 16.2. The average Bonchev–Trinajstić information content (AvgIpc) is 2.98. The molecule has 1 aliphatic carbocycles. The number of rotatable bonds is 5. The van der Waals surface area contributed by atoms with Crippen molar-refractivity contribution in [3.63, 3.8) is 0 Å². The monoisotopic (exact) mass is 340 g/mol. The molecular weight excluding hydrogens is 320 g/mol. The number of amides is 1. The first kappa shape index (κ1) is 16.6. The molecule has 0 spiro atoms. The van der Waals surface area contributed by atoms with Gasteiger partial charge in [-0.15, -0.1) is 11.8 Å². The summed E-state index contributed by atoms with van der Waals surface area (Å²) >= 11 is 1.63. The molecule has 5 nitrogen and oxygen atoms in total. The number of nitriles is 1. The van der Waals surface area contributed by atoms with Crippen molar-refractivity contribution < 1.29 is 4.79 Å². The number of hydrogen-bond acceptors (Lipinski definition) is 4. The molecule has 1 N–H and O–H groups in total. The van der Waals surface area contributed by atoms with Gasteiger partial charge in [-0.2, -0.15) is 10.4 Å². The van der Waals surface area contributed by atoms with E-state index in [1.807, 2.05) is 30.1 Å². The summed E-state index contributed by atoms with van der Waals surface area (Å²) in [6.45, 7) is 0. The Kier molecular flexibility index (Phi) is 5.21. The summed E-state index contributed by atoms with van der Waals surface area (Å²) in [4.78, 5) is 13.3. The molecule has 0 fully saturated rings. The summed E-state index contributed by atoms with van der Waals surface area (Å²) in [7, 11) is 1.96. The standard InChI is InChI=1S/C18H20N4OS/c1-22-17-4-2-3-16(15(17)12-20-22)21-18(23)9-10-24-14-7-5-13(11-19)6-8-14/h5-8,12,16H,2-4,9-10H2,1H3,(H,21,23)/t16-/m1/s1. The van der Waals surface area contributed by atoms with Gasteiger partial charge < -0.3 is 5.32 Å². The van der Waals surface area contributed by atoms with Crippen molar-refractivity contribution >= 4 is 17.7 Å². The molecule has 6 heteroatoms. The summed E-state index contributed by atoms with van der Waals surface area (Å²) in [5.41, 5.74) is 3.05. The number of aryl methyl sites for hydroxylation is 1. The van der Waals surface area contributed by atoms with E-state index in [9.17, 15) is 4.79 Å². The maximum absolute atomic E-state index is 12.2. The Balaban J connectivity index is 1.49. The number of fused-ring (bicyclic) bond motifs is 1. The van der Waals surface area contributed by atoms with Gasteiger partial charge >= 0.3 is 0 Å². The Morgan fingerprint density at radius 2 is 2.25 bits per heavy atom. The minimum absolute atomic E-state index is 0.0813. The second kappa shape index (κ2) is 7.54. The molecule has 1 aromatic carbocycles. The number of nitrogens with one attached hydrogen (secondary N) is 1. The second-order valence-electron chi connectivity index (χ2n) is 5.92. The highest BCUT2D eigenvalue weighted by Gasteiger charge is 2.24. The number of benzene rings is 1. The zero-order chi connectivity index (χ0) is 16.9. The molecule has 0 radical (unpaired) electrons. The van der Waals surface area contributed by atoms with Crippen LogP contribution >= 0.6 is 11.8 Å². The minimum atomic E-state index is 0.0813. The van der Waals surface area contributed by atoms with Gasteiger partial charge in [0.15, 0.2) is 0 Å². The fourth-order valence-corrected chi connectivity index (χ4v) is 3.86. The third kappa shape index (κ3) is 3.80. The molecule has 1 heterocycles. The molecule has 2 aromatic rings. The van der Waals surface area contributed by atoms with Gasteiger partial charge in [0, 0.05) is 35.4 Å². The molecule has 1 amide bonds. The summed E-state index contributed by atoms with van der Waals surface area (Å²) in [5, 5.41) is 16.2. The fourth-order valence-electron chi connectivity index (χ4n) is 3.01. The highest BCUT2D eigenvalue weighted by atomic mass is 32.2. The lowest BCUT2D eigenvalue weighted by molar-refractivity contribution is -0.121. The molecule has 24 heavy (non-hydrogen) atoms. The van der Waals surface area contributed by atoms with Crippen molar-refractivity contribution in [1.82, 2.24) is 15.1 Å². The van der Waals surface area contributed by atoms with Crippen LogP contribution in [-0.2, 0) is 18.3 Å². The molecule has 1 aliphatic rings. The molecule has 0 saturated carbocycles. The van der Waals surface area contributed by atoms with Crippen LogP contribution in [0, 0.1) is 11.3 Å². The first-order chi connectivity index (χ1) is 11.7. The second-order valence-corrected chi connectivity index (χ2v) is 7.09. The summed E-state index contributed by atoms with van der Waals surface area (Å²) in [5.74, 6) is 0.808. The van der Waals surface area contributed by atoms with Gasteiger partial charge in [-0.3, -0.25) is 9.48 Å². The van der Waals surface area contributed by atoms with Crippen molar-refractivity contribution in [3.8, 4) is 6.07 Å². The highest BCUT2D eigenvalue weighted by Crippen LogP contribution is 2.29. The Bertz CT molecular complexity index is 760. The maximum atomic E-state index is 12.2. The molecule has 3 rings (SSSR count). The molecule has 0 bridgehead atoms. The van der Waals surface area contributed by atoms with Crippen LogP contribution in [0.4, 0.5) is 0 Å². The van der Waals surface area contributed by atoms with Crippen LogP contribution in [0.5, 0.6) is 0 Å². The predicted molar refractivity (Wildman–Crippen MR) is 93.5 cm³/mol. The largest absolute Gasteiger partial charge is 0.349 e. The third-order valence-corrected chi connectivity index (χ3v) is 5.31. The predicted octanol–water partition coefficient (Wildman–Crippen LogP) is 2.97. The lowest BCUT2D eigenvalue weighted by Gasteiger charge is -2.23. The first-order valence-electron chi connectivity index (χ1n) is 8.10. The lowest BCUT2D eigenvalue weighted by atomic mass is 9.93. The van der Waals surface area contributed by atoms with Crippen LogP contribution in [0.25, 0.3) is 0 Å². The van der Waals surface area contributed by atoms with E-state index in [1.165, 1.54) is 5.69 Å². The zero-order valence-electron chi connectivity index (χ0n) is 13.7. The summed E-state index contributed by atoms with van der Waals surface area (Å²) < 4.78 is 1.91. The van der Waals surface area contributed by atoms with Gasteiger partial charge in [0.05, 0.1) is 23.9 Å². The smallest absolute Gasteiger partial charge is 0.221 e. The zero-order valence-corrected chi connectivity index (χ0v) is 14.5. The molecule has 0 saturated heterocycles. The van der Waals surface area contributed by atoms with E-state index in [4.69, 9.17) is 5.26 Å². The fraction of sp³-hybridized carbons (Fsp3) is 0.389. The number of thioether (sulfide) groups is 1. The maximum Gasteiger partial charge on any atom is 0.221 e. The molecule has 124 valence electrons. The van der Waals surface area contributed by atoms with Crippen molar-refractivity contribution in [2.24, 2.45) is 7.05 Å². The van der Waals surface area contributed by atoms with Gasteiger partial charge in [0.25, 0.3) is 0 Å². The van der Waals surface area contributed by atoms with Gasteiger partial charge in [-0.1, -0.05) is 0 Å². The SMILES string of the molecule is Cn1ncc2c1CCC[C@H]2NC(=O)CCSc1ccc(C#N)cc1. The third-order valence-electron chi connectivity index (χ3n) is 4.29. The van der Waals surface area contributed by atoms with E-state index in [0.29, 0.717) is 12.0 Å². The topological polar surface area (TPSA) is 70.7 Å². The summed E-state index contributed by atoms with van der Waals surface area (Å²) in [6.07, 6.45) is 5.46. The van der Waals surface area contributed by atoms with Crippen molar-refractivity contribution in [2.45, 2.75) is 36.6 Å². The van der Waals surface area contributed by atoms with Gasteiger partial charge in [-0.25, -0.2) is 0 Å². The Morgan fingerprint density at radius 1 is 1.46 bits per heavy atom. The van der Waals surface area contributed by atoms with Crippen LogP contribution in [0.2, 0.25) is 0 Å². The van der Waals surface area contributed by atoms with Gasteiger partial charge in [-0.05, 0) is 43.5 Å². The minimum Gasteiger partial charge on any atom is -0.349 e. The number of nitrogens with zero attached hydrogens (tertiary/aromatic N) is 3. The Hall–Kier alpha value is -2.26. The molecule has 0 unspecified atom stereocenters. The van der Waals surface area contributed by atoms with E-state index in [2.05, 4.69) is 16.5 Å². The number of hydrogen-bond donors (Lipinski definition) is 1. The summed E-state index contributed by atoms with van der Waals surface area (Å²) in [6, 6.07) is 9.64. The molecular formula is C18H20N4OS. The first-order valence-corrected chi connectivity index (χ1v) is 9.09. The number of carbonyl (C=O) groups excluding carboxylic acids is 1. The van der Waals surface area contributed by atoms with Crippen LogP contribution in [0.1, 0.15) is 42.1 Å². The quantitative estimate of drug-likeness (QED) is 0.850. The van der Waals surface area contributed by atoms with E-state index in [1.54, 1.807) is 23.9 Å². The van der Waals surface area contributed by atoms with E-state index in [-0.39, 0.29) is 11.9 Å². The van der Waals surface area contributed by atoms with Gasteiger partial charge in [0.2, 0.25) is 5.91 Å². The Morgan fingerprint density at radius 3 is 3.00 bits per heavy atom. The van der Waals surface area contributed by atoms with Crippen molar-refractivity contribution in [1.29, 1.82) is 5.26 Å². The molecule has 0 aliphatic heterocycles. The van der Waals surface area contributed by atoms with Crippen LogP contribution in [0.3, 0.4) is 0 Å². The Labute approximate surface area is 146 Å². The van der Waals surface area contributed by atoms with E-state index >= 15 is 0 Å². The average molecular weight is 340 g/mol. The molecule has 1 atom stereocenters. The van der Waals surface area contributed by atoms with Crippen LogP contribution < -0.4 is 5.32 Å². The number of aromatic nitrogens is 2. The van der Waals surface area contributed by atoms with Crippen molar-refractivity contribution in [2.75, 3.05) is 5.75 Å². The molecule has 1 aromatic heterocycles. The van der Waals surface area contributed by atoms with Crippen molar-refractivity contribution in [3.05, 3.63) is 47.3 Å². The van der Waals surface area contributed by atoms with E-state index in [0.717, 1.165) is 35.5 Å².